The summed E-state index contributed by atoms with van der Waals surface area (Å²) >= 11 is 0. The molecule has 2 aliphatic rings. The molecule has 0 saturated heterocycles. The number of benzene rings is 1. The molecule has 2 aliphatic heterocycles. The summed E-state index contributed by atoms with van der Waals surface area (Å²) in [5.41, 5.74) is 5.51. The van der Waals surface area contributed by atoms with E-state index in [0.29, 0.717) is 5.92 Å². The Labute approximate surface area is 115 Å². The van der Waals surface area contributed by atoms with E-state index in [4.69, 9.17) is 9.47 Å². The zero-order valence-electron chi connectivity index (χ0n) is 12.1. The molecule has 3 nitrogen and oxygen atoms in total. The van der Waals surface area contributed by atoms with Crippen molar-refractivity contribution in [1.29, 1.82) is 0 Å². The number of rotatable bonds is 4. The Balaban J connectivity index is 2.17. The first-order valence-electron chi connectivity index (χ1n) is 7.36. The fourth-order valence-electron chi connectivity index (χ4n) is 3.50. The normalized spacial score (nSPS) is 17.6. The Bertz CT molecular complexity index is 461. The summed E-state index contributed by atoms with van der Waals surface area (Å²) in [5, 5.41) is 3.32. The summed E-state index contributed by atoms with van der Waals surface area (Å²) in [7, 11) is 2.02. The summed E-state index contributed by atoms with van der Waals surface area (Å²) in [4.78, 5) is 0. The summed E-state index contributed by atoms with van der Waals surface area (Å²) in [6.07, 6.45) is 3.19. The molecule has 0 bridgehead atoms. The van der Waals surface area contributed by atoms with Gasteiger partial charge in [0.2, 0.25) is 0 Å². The van der Waals surface area contributed by atoms with Crippen molar-refractivity contribution in [1.82, 2.24) is 5.32 Å². The SMILES string of the molecule is CCC(CNC)c1c2c(c(C)c3c1OCC3)OCC2. The molecular formula is C16H23NO2. The van der Waals surface area contributed by atoms with Gasteiger partial charge in [0, 0.05) is 42.0 Å². The van der Waals surface area contributed by atoms with Gasteiger partial charge in [-0.05, 0) is 26.0 Å². The van der Waals surface area contributed by atoms with Gasteiger partial charge in [0.15, 0.2) is 0 Å². The van der Waals surface area contributed by atoms with Crippen molar-refractivity contribution in [2.45, 2.75) is 39.0 Å². The van der Waals surface area contributed by atoms with Crippen LogP contribution in [-0.2, 0) is 12.8 Å². The number of fused-ring (bicyclic) bond motifs is 2. The van der Waals surface area contributed by atoms with E-state index in [1.807, 2.05) is 7.05 Å². The van der Waals surface area contributed by atoms with Gasteiger partial charge in [0.1, 0.15) is 11.5 Å². The lowest BCUT2D eigenvalue weighted by Crippen LogP contribution is -2.18. The predicted molar refractivity (Wildman–Crippen MR) is 76.5 cm³/mol. The average molecular weight is 261 g/mol. The van der Waals surface area contributed by atoms with Crippen LogP contribution in [0.2, 0.25) is 0 Å². The molecule has 3 heteroatoms. The highest BCUT2D eigenvalue weighted by Crippen LogP contribution is 2.47. The van der Waals surface area contributed by atoms with Crippen molar-refractivity contribution in [3.63, 3.8) is 0 Å². The molecule has 0 aromatic heterocycles. The van der Waals surface area contributed by atoms with Crippen molar-refractivity contribution in [2.24, 2.45) is 0 Å². The third-order valence-electron chi connectivity index (χ3n) is 4.46. The second kappa shape index (κ2) is 5.04. The van der Waals surface area contributed by atoms with Gasteiger partial charge in [0.25, 0.3) is 0 Å². The fraction of sp³-hybridized carbons (Fsp3) is 0.625. The minimum Gasteiger partial charge on any atom is -0.493 e. The Kier molecular flexibility index (Phi) is 3.40. The largest absolute Gasteiger partial charge is 0.493 e. The Morgan fingerprint density at radius 3 is 2.47 bits per heavy atom. The maximum atomic E-state index is 5.98. The van der Waals surface area contributed by atoms with Crippen LogP contribution in [0.5, 0.6) is 11.5 Å². The van der Waals surface area contributed by atoms with Gasteiger partial charge >= 0.3 is 0 Å². The van der Waals surface area contributed by atoms with Gasteiger partial charge in [-0.25, -0.2) is 0 Å². The first-order chi connectivity index (χ1) is 9.27. The fourth-order valence-corrected chi connectivity index (χ4v) is 3.50. The molecule has 0 spiro atoms. The highest BCUT2D eigenvalue weighted by atomic mass is 16.5. The van der Waals surface area contributed by atoms with Gasteiger partial charge in [-0.3, -0.25) is 0 Å². The van der Waals surface area contributed by atoms with Crippen LogP contribution in [0.15, 0.2) is 0 Å². The first kappa shape index (κ1) is 12.8. The van der Waals surface area contributed by atoms with E-state index in [0.717, 1.165) is 44.8 Å². The number of likely N-dealkylation sites (N-methyl/N-ethyl adjacent to an activating group) is 1. The second-order valence-electron chi connectivity index (χ2n) is 5.51. The first-order valence-corrected chi connectivity index (χ1v) is 7.36. The molecular weight excluding hydrogens is 238 g/mol. The van der Waals surface area contributed by atoms with Crippen molar-refractivity contribution in [3.8, 4) is 11.5 Å². The minimum absolute atomic E-state index is 0.521. The van der Waals surface area contributed by atoms with Gasteiger partial charge in [-0.15, -0.1) is 0 Å². The smallest absolute Gasteiger partial charge is 0.126 e. The lowest BCUT2D eigenvalue weighted by atomic mass is 9.86. The van der Waals surface area contributed by atoms with Crippen molar-refractivity contribution >= 4 is 0 Å². The Morgan fingerprint density at radius 2 is 1.79 bits per heavy atom. The van der Waals surface area contributed by atoms with E-state index in [-0.39, 0.29) is 0 Å². The molecule has 1 aromatic rings. The average Bonchev–Trinajstić information content (AvgIpc) is 3.06. The van der Waals surface area contributed by atoms with Gasteiger partial charge in [-0.1, -0.05) is 6.92 Å². The topological polar surface area (TPSA) is 30.5 Å². The quantitative estimate of drug-likeness (QED) is 0.903. The number of nitrogens with one attached hydrogen (secondary N) is 1. The van der Waals surface area contributed by atoms with Crippen LogP contribution in [0.1, 0.15) is 41.5 Å². The van der Waals surface area contributed by atoms with Crippen LogP contribution in [0, 0.1) is 6.92 Å². The maximum Gasteiger partial charge on any atom is 0.126 e. The van der Waals surface area contributed by atoms with E-state index in [2.05, 4.69) is 19.2 Å². The molecule has 3 rings (SSSR count). The van der Waals surface area contributed by atoms with Crippen molar-refractivity contribution < 1.29 is 9.47 Å². The number of ether oxygens (including phenoxy) is 2. The second-order valence-corrected chi connectivity index (χ2v) is 5.51. The zero-order chi connectivity index (χ0) is 13.4. The van der Waals surface area contributed by atoms with E-state index in [9.17, 15) is 0 Å². The third kappa shape index (κ3) is 1.91. The molecule has 1 atom stereocenters. The molecule has 2 heterocycles. The van der Waals surface area contributed by atoms with E-state index in [1.54, 1.807) is 0 Å². The molecule has 1 N–H and O–H groups in total. The maximum absolute atomic E-state index is 5.98. The van der Waals surface area contributed by atoms with Crippen LogP contribution in [-0.4, -0.2) is 26.8 Å². The van der Waals surface area contributed by atoms with Gasteiger partial charge in [0.05, 0.1) is 13.2 Å². The molecule has 1 unspecified atom stereocenters. The Morgan fingerprint density at radius 1 is 1.11 bits per heavy atom. The molecule has 0 fully saturated rings. The lowest BCUT2D eigenvalue weighted by Gasteiger charge is -2.22. The van der Waals surface area contributed by atoms with Crippen LogP contribution < -0.4 is 14.8 Å². The van der Waals surface area contributed by atoms with Gasteiger partial charge in [-0.2, -0.15) is 0 Å². The number of hydrogen-bond acceptors (Lipinski definition) is 3. The standard InChI is InChI=1S/C16H23NO2/c1-4-11(9-17-3)14-13-6-8-18-15(13)10(2)12-5-7-19-16(12)14/h11,17H,4-9H2,1-3H3. The van der Waals surface area contributed by atoms with Crippen LogP contribution in [0.3, 0.4) is 0 Å². The predicted octanol–water partition coefficient (Wildman–Crippen LogP) is 2.58. The van der Waals surface area contributed by atoms with Crippen LogP contribution in [0.25, 0.3) is 0 Å². The zero-order valence-corrected chi connectivity index (χ0v) is 12.1. The summed E-state index contributed by atoms with van der Waals surface area (Å²) in [5.74, 6) is 2.84. The highest BCUT2D eigenvalue weighted by Gasteiger charge is 2.32. The van der Waals surface area contributed by atoms with Crippen LogP contribution in [0.4, 0.5) is 0 Å². The molecule has 0 amide bonds. The molecule has 0 saturated carbocycles. The van der Waals surface area contributed by atoms with E-state index in [1.165, 1.54) is 28.0 Å². The van der Waals surface area contributed by atoms with Crippen molar-refractivity contribution in [3.05, 3.63) is 22.3 Å². The lowest BCUT2D eigenvalue weighted by molar-refractivity contribution is 0.349. The minimum atomic E-state index is 0.521. The molecule has 0 radical (unpaired) electrons. The molecule has 1 aromatic carbocycles. The summed E-state index contributed by atoms with van der Waals surface area (Å²) in [6, 6.07) is 0. The van der Waals surface area contributed by atoms with Crippen molar-refractivity contribution in [2.75, 3.05) is 26.8 Å². The van der Waals surface area contributed by atoms with Gasteiger partial charge < -0.3 is 14.8 Å². The molecule has 0 aliphatic carbocycles. The summed E-state index contributed by atoms with van der Waals surface area (Å²) in [6.45, 7) is 7.08. The monoisotopic (exact) mass is 261 g/mol. The Hall–Kier alpha value is -1.22. The summed E-state index contributed by atoms with van der Waals surface area (Å²) < 4.78 is 11.9. The highest BCUT2D eigenvalue weighted by molar-refractivity contribution is 5.62. The molecule has 104 valence electrons. The molecule has 19 heavy (non-hydrogen) atoms. The third-order valence-corrected chi connectivity index (χ3v) is 4.46. The van der Waals surface area contributed by atoms with E-state index < -0.39 is 0 Å². The number of hydrogen-bond donors (Lipinski definition) is 1. The van der Waals surface area contributed by atoms with E-state index >= 15 is 0 Å². The van der Waals surface area contributed by atoms with Crippen LogP contribution >= 0.6 is 0 Å².